The fourth-order valence-electron chi connectivity index (χ4n) is 0.648. The standard InChI is InChI=1S/C7H7O3S/c8-11(9)10-6-7-4-2-1-3-5-7/h1-2,4-5,11H,6H2. The van der Waals surface area contributed by atoms with E-state index < -0.39 is 11.0 Å². The molecule has 0 aliphatic rings. The third-order valence-electron chi connectivity index (χ3n) is 1.11. The minimum atomic E-state index is -2.74. The molecule has 1 aromatic rings. The van der Waals surface area contributed by atoms with E-state index in [1.165, 1.54) is 0 Å². The summed E-state index contributed by atoms with van der Waals surface area (Å²) in [6.45, 7) is 0.0933. The molecule has 0 spiro atoms. The minimum Gasteiger partial charge on any atom is -0.267 e. The third kappa shape index (κ3) is 3.15. The highest BCUT2D eigenvalue weighted by atomic mass is 32.2. The number of thiol groups is 1. The van der Waals surface area contributed by atoms with Crippen molar-refractivity contribution in [2.24, 2.45) is 0 Å². The van der Waals surface area contributed by atoms with E-state index in [1.807, 2.05) is 0 Å². The van der Waals surface area contributed by atoms with E-state index in [2.05, 4.69) is 10.2 Å². The smallest absolute Gasteiger partial charge is 0.257 e. The molecule has 0 aliphatic heterocycles. The maximum Gasteiger partial charge on any atom is 0.257 e. The monoisotopic (exact) mass is 171 g/mol. The molecule has 0 amide bonds. The van der Waals surface area contributed by atoms with Gasteiger partial charge in [-0.3, -0.25) is 4.18 Å². The van der Waals surface area contributed by atoms with Crippen molar-refractivity contribution in [3.05, 3.63) is 35.9 Å². The Morgan fingerprint density at radius 2 is 2.36 bits per heavy atom. The largest absolute Gasteiger partial charge is 0.267 e. The Balaban J connectivity index is 2.52. The van der Waals surface area contributed by atoms with Crippen LogP contribution >= 0.6 is 0 Å². The lowest BCUT2D eigenvalue weighted by atomic mass is 10.2. The number of hydrogen-bond acceptors (Lipinski definition) is 3. The van der Waals surface area contributed by atoms with E-state index in [0.29, 0.717) is 0 Å². The molecule has 4 heteroatoms. The summed E-state index contributed by atoms with van der Waals surface area (Å²) in [4.78, 5) is 0. The summed E-state index contributed by atoms with van der Waals surface area (Å²) in [5.74, 6) is 0. The van der Waals surface area contributed by atoms with Crippen molar-refractivity contribution in [2.75, 3.05) is 0 Å². The van der Waals surface area contributed by atoms with Gasteiger partial charge in [0.25, 0.3) is 11.0 Å². The van der Waals surface area contributed by atoms with Gasteiger partial charge in [0.15, 0.2) is 0 Å². The summed E-state index contributed by atoms with van der Waals surface area (Å²) in [5, 5.41) is 0. The molecule has 1 aromatic carbocycles. The van der Waals surface area contributed by atoms with Crippen LogP contribution in [0.4, 0.5) is 0 Å². The van der Waals surface area contributed by atoms with Crippen LogP contribution in [0.25, 0.3) is 0 Å². The Bertz CT molecular complexity index is 271. The van der Waals surface area contributed by atoms with E-state index >= 15 is 0 Å². The van der Waals surface area contributed by atoms with Crippen LogP contribution in [0.2, 0.25) is 0 Å². The average Bonchev–Trinajstić information content (AvgIpc) is 2.03. The predicted octanol–water partition coefficient (Wildman–Crippen LogP) is 0.530. The van der Waals surface area contributed by atoms with E-state index in [-0.39, 0.29) is 6.61 Å². The van der Waals surface area contributed by atoms with Crippen molar-refractivity contribution < 1.29 is 12.6 Å². The summed E-state index contributed by atoms with van der Waals surface area (Å²) in [7, 11) is -2.74. The zero-order valence-corrected chi connectivity index (χ0v) is 6.58. The number of hydrogen-bond donors (Lipinski definition) is 1. The van der Waals surface area contributed by atoms with Crippen LogP contribution in [0.1, 0.15) is 5.56 Å². The molecule has 59 valence electrons. The van der Waals surface area contributed by atoms with E-state index in [0.717, 1.165) is 5.56 Å². The summed E-state index contributed by atoms with van der Waals surface area (Å²) in [6, 6.07) is 9.77. The molecule has 1 rings (SSSR count). The molecule has 0 saturated carbocycles. The quantitative estimate of drug-likeness (QED) is 0.674. The van der Waals surface area contributed by atoms with Crippen molar-refractivity contribution in [3.63, 3.8) is 0 Å². The second-order valence-electron chi connectivity index (χ2n) is 1.91. The van der Waals surface area contributed by atoms with Crippen molar-refractivity contribution >= 4 is 11.0 Å². The van der Waals surface area contributed by atoms with Gasteiger partial charge >= 0.3 is 0 Å². The normalized spacial score (nSPS) is 10.3. The molecule has 0 bridgehead atoms. The summed E-state index contributed by atoms with van der Waals surface area (Å²) < 4.78 is 24.3. The van der Waals surface area contributed by atoms with Crippen LogP contribution in [0.3, 0.4) is 0 Å². The fraction of sp³-hybridized carbons (Fsp3) is 0.143. The van der Waals surface area contributed by atoms with Crippen LogP contribution in [0.15, 0.2) is 24.3 Å². The molecular weight excluding hydrogens is 164 g/mol. The molecule has 0 N–H and O–H groups in total. The first kappa shape index (κ1) is 8.23. The Hall–Kier alpha value is -0.870. The van der Waals surface area contributed by atoms with Crippen molar-refractivity contribution in [3.8, 4) is 0 Å². The molecule has 11 heavy (non-hydrogen) atoms. The molecule has 0 heterocycles. The molecule has 0 unspecified atom stereocenters. The van der Waals surface area contributed by atoms with Gasteiger partial charge in [-0.05, 0) is 17.7 Å². The average molecular weight is 171 g/mol. The lowest BCUT2D eigenvalue weighted by Gasteiger charge is -1.94. The minimum absolute atomic E-state index is 0.0933. The van der Waals surface area contributed by atoms with Gasteiger partial charge in [0.05, 0.1) is 6.61 Å². The first-order valence-electron chi connectivity index (χ1n) is 3.01. The highest BCUT2D eigenvalue weighted by Gasteiger charge is 1.90. The molecular formula is C7H7O3S. The molecule has 0 atom stereocenters. The van der Waals surface area contributed by atoms with Gasteiger partial charge in [0, 0.05) is 0 Å². The molecule has 3 nitrogen and oxygen atoms in total. The second kappa shape index (κ2) is 4.10. The second-order valence-corrected chi connectivity index (χ2v) is 2.61. The molecule has 0 aliphatic carbocycles. The third-order valence-corrected chi connectivity index (χ3v) is 1.45. The summed E-state index contributed by atoms with van der Waals surface area (Å²) >= 11 is 0. The van der Waals surface area contributed by atoms with E-state index in [1.54, 1.807) is 24.3 Å². The molecule has 0 saturated heterocycles. The SMILES string of the molecule is O=[SH](=O)OCc1c[c]ccc1. The summed E-state index contributed by atoms with van der Waals surface area (Å²) in [5.41, 5.74) is 0.798. The first-order chi connectivity index (χ1) is 5.29. The lowest BCUT2D eigenvalue weighted by Crippen LogP contribution is -1.89. The van der Waals surface area contributed by atoms with Gasteiger partial charge in [0.2, 0.25) is 0 Å². The maximum absolute atomic E-state index is 9.98. The maximum atomic E-state index is 9.98. The highest BCUT2D eigenvalue weighted by Crippen LogP contribution is 1.98. The van der Waals surface area contributed by atoms with Gasteiger partial charge in [-0.25, -0.2) is 8.42 Å². The van der Waals surface area contributed by atoms with Gasteiger partial charge in [0.1, 0.15) is 0 Å². The topological polar surface area (TPSA) is 43.4 Å². The van der Waals surface area contributed by atoms with E-state index in [4.69, 9.17) is 0 Å². The zero-order valence-electron chi connectivity index (χ0n) is 5.69. The van der Waals surface area contributed by atoms with Gasteiger partial charge in [-0.15, -0.1) is 0 Å². The number of benzene rings is 1. The molecule has 0 fully saturated rings. The first-order valence-corrected chi connectivity index (χ1v) is 4.11. The Morgan fingerprint density at radius 1 is 1.55 bits per heavy atom. The lowest BCUT2D eigenvalue weighted by molar-refractivity contribution is 0.323. The van der Waals surface area contributed by atoms with Crippen LogP contribution in [0, 0.1) is 6.07 Å². The molecule has 1 radical (unpaired) electrons. The molecule has 0 aromatic heterocycles. The van der Waals surface area contributed by atoms with Crippen molar-refractivity contribution in [1.82, 2.24) is 0 Å². The zero-order chi connectivity index (χ0) is 8.10. The van der Waals surface area contributed by atoms with Gasteiger partial charge in [-0.1, -0.05) is 18.2 Å². The summed E-state index contributed by atoms with van der Waals surface area (Å²) in [6.07, 6.45) is 0. The van der Waals surface area contributed by atoms with Crippen molar-refractivity contribution in [1.29, 1.82) is 0 Å². The van der Waals surface area contributed by atoms with Crippen LogP contribution < -0.4 is 0 Å². The van der Waals surface area contributed by atoms with Crippen molar-refractivity contribution in [2.45, 2.75) is 6.61 Å². The highest BCUT2D eigenvalue weighted by molar-refractivity contribution is 7.67. The van der Waals surface area contributed by atoms with Crippen LogP contribution in [-0.2, 0) is 21.8 Å². The Labute approximate surface area is 66.8 Å². The Kier molecular flexibility index (Phi) is 3.07. The predicted molar refractivity (Wildman–Crippen MR) is 40.4 cm³/mol. The Morgan fingerprint density at radius 3 is 2.91 bits per heavy atom. The van der Waals surface area contributed by atoms with Gasteiger partial charge < -0.3 is 0 Å². The van der Waals surface area contributed by atoms with Crippen LogP contribution in [-0.4, -0.2) is 8.42 Å². The van der Waals surface area contributed by atoms with E-state index in [9.17, 15) is 8.42 Å². The van der Waals surface area contributed by atoms with Crippen LogP contribution in [0.5, 0.6) is 0 Å². The fourth-order valence-corrected chi connectivity index (χ4v) is 0.902. The number of rotatable bonds is 3. The van der Waals surface area contributed by atoms with Gasteiger partial charge in [-0.2, -0.15) is 0 Å².